The lowest BCUT2D eigenvalue weighted by atomic mass is 10.4. The van der Waals surface area contributed by atoms with Gasteiger partial charge >= 0.3 is 12.1 Å². The van der Waals surface area contributed by atoms with E-state index in [0.29, 0.717) is 0 Å². The summed E-state index contributed by atoms with van der Waals surface area (Å²) in [4.78, 5) is 17.5. The second-order valence-corrected chi connectivity index (χ2v) is 2.73. The van der Waals surface area contributed by atoms with Gasteiger partial charge in [0.15, 0.2) is 0 Å². The standard InChI is InChI=1S/C10H7F3N2O2/c1-2-17-9(16)4-3-8-14-6-5-7(15-8)10(11,12)13/h5-6H,2H2,1H3. The van der Waals surface area contributed by atoms with E-state index in [1.165, 1.54) is 0 Å². The summed E-state index contributed by atoms with van der Waals surface area (Å²) < 4.78 is 41.2. The summed E-state index contributed by atoms with van der Waals surface area (Å²) in [7, 11) is 0. The molecule has 4 nitrogen and oxygen atoms in total. The van der Waals surface area contributed by atoms with Crippen LogP contribution in [0.25, 0.3) is 0 Å². The van der Waals surface area contributed by atoms with E-state index in [4.69, 9.17) is 0 Å². The molecular formula is C10H7F3N2O2. The van der Waals surface area contributed by atoms with Crippen LogP contribution in [-0.4, -0.2) is 22.5 Å². The molecule has 0 N–H and O–H groups in total. The van der Waals surface area contributed by atoms with Crippen LogP contribution in [0, 0.1) is 11.8 Å². The Kier molecular flexibility index (Phi) is 4.04. The largest absolute Gasteiger partial charge is 0.456 e. The fourth-order valence-corrected chi connectivity index (χ4v) is 0.851. The van der Waals surface area contributed by atoms with Crippen molar-refractivity contribution < 1.29 is 22.7 Å². The average Bonchev–Trinajstić information content (AvgIpc) is 2.26. The van der Waals surface area contributed by atoms with Gasteiger partial charge in [-0.25, -0.2) is 14.8 Å². The van der Waals surface area contributed by atoms with E-state index in [9.17, 15) is 18.0 Å². The molecule has 17 heavy (non-hydrogen) atoms. The van der Waals surface area contributed by atoms with Crippen molar-refractivity contribution in [3.8, 4) is 11.8 Å². The number of rotatable bonds is 1. The van der Waals surface area contributed by atoms with Crippen LogP contribution < -0.4 is 0 Å². The predicted molar refractivity (Wildman–Crippen MR) is 50.5 cm³/mol. The third-order valence-corrected chi connectivity index (χ3v) is 1.50. The molecule has 1 aromatic heterocycles. The van der Waals surface area contributed by atoms with Crippen LogP contribution in [0.3, 0.4) is 0 Å². The first-order valence-corrected chi connectivity index (χ1v) is 4.52. The van der Waals surface area contributed by atoms with Crippen LogP contribution in [0.2, 0.25) is 0 Å². The van der Waals surface area contributed by atoms with Crippen LogP contribution in [0.5, 0.6) is 0 Å². The summed E-state index contributed by atoms with van der Waals surface area (Å²) in [5, 5.41) is 0. The van der Waals surface area contributed by atoms with Crippen molar-refractivity contribution in [1.29, 1.82) is 0 Å². The lowest BCUT2D eigenvalue weighted by Gasteiger charge is -2.03. The van der Waals surface area contributed by atoms with E-state index in [1.807, 2.05) is 5.92 Å². The van der Waals surface area contributed by atoms with E-state index in [-0.39, 0.29) is 12.4 Å². The minimum Gasteiger partial charge on any atom is -0.456 e. The maximum atomic E-state index is 12.3. The molecule has 1 heterocycles. The van der Waals surface area contributed by atoms with Crippen molar-refractivity contribution >= 4 is 5.97 Å². The summed E-state index contributed by atoms with van der Waals surface area (Å²) in [5.74, 6) is 2.85. The van der Waals surface area contributed by atoms with Crippen molar-refractivity contribution in [2.45, 2.75) is 13.1 Å². The van der Waals surface area contributed by atoms with Crippen LogP contribution in [0.4, 0.5) is 13.2 Å². The maximum absolute atomic E-state index is 12.3. The molecule has 0 radical (unpaired) electrons. The fraction of sp³-hybridized carbons (Fsp3) is 0.300. The van der Waals surface area contributed by atoms with E-state index in [2.05, 4.69) is 20.6 Å². The third-order valence-electron chi connectivity index (χ3n) is 1.50. The van der Waals surface area contributed by atoms with Gasteiger partial charge in [0, 0.05) is 12.1 Å². The summed E-state index contributed by atoms with van der Waals surface area (Å²) in [6, 6.07) is 0.718. The highest BCUT2D eigenvalue weighted by atomic mass is 19.4. The van der Waals surface area contributed by atoms with Crippen LogP contribution in [0.1, 0.15) is 18.4 Å². The Hall–Kier alpha value is -2.10. The highest BCUT2D eigenvalue weighted by Gasteiger charge is 2.32. The van der Waals surface area contributed by atoms with Gasteiger partial charge in [-0.3, -0.25) is 0 Å². The number of carbonyl (C=O) groups is 1. The zero-order valence-corrected chi connectivity index (χ0v) is 8.71. The molecule has 0 bridgehead atoms. The molecule has 0 unspecified atom stereocenters. The lowest BCUT2D eigenvalue weighted by molar-refractivity contribution is -0.141. The summed E-state index contributed by atoms with van der Waals surface area (Å²) >= 11 is 0. The second kappa shape index (κ2) is 5.30. The molecule has 1 rings (SSSR count). The molecule has 7 heteroatoms. The van der Waals surface area contributed by atoms with E-state index < -0.39 is 17.8 Å². The highest BCUT2D eigenvalue weighted by Crippen LogP contribution is 2.26. The first-order valence-electron chi connectivity index (χ1n) is 4.52. The first-order chi connectivity index (χ1) is 7.93. The normalized spacial score (nSPS) is 10.4. The van der Waals surface area contributed by atoms with Crippen LogP contribution in [-0.2, 0) is 15.7 Å². The Balaban J connectivity index is 2.90. The molecule has 0 saturated heterocycles. The zero-order chi connectivity index (χ0) is 12.9. The summed E-state index contributed by atoms with van der Waals surface area (Å²) in [6.45, 7) is 1.72. The van der Waals surface area contributed by atoms with Crippen LogP contribution >= 0.6 is 0 Å². The molecule has 0 atom stereocenters. The van der Waals surface area contributed by atoms with E-state index in [1.54, 1.807) is 6.92 Å². The van der Waals surface area contributed by atoms with Crippen molar-refractivity contribution in [2.24, 2.45) is 0 Å². The Morgan fingerprint density at radius 3 is 2.82 bits per heavy atom. The molecule has 0 aliphatic heterocycles. The van der Waals surface area contributed by atoms with Gasteiger partial charge in [-0.15, -0.1) is 0 Å². The number of esters is 1. The Bertz CT molecular complexity index is 474. The average molecular weight is 244 g/mol. The Morgan fingerprint density at radius 1 is 1.53 bits per heavy atom. The van der Waals surface area contributed by atoms with Crippen molar-refractivity contribution in [3.63, 3.8) is 0 Å². The lowest BCUT2D eigenvalue weighted by Crippen LogP contribution is -2.09. The van der Waals surface area contributed by atoms with Crippen molar-refractivity contribution in [1.82, 2.24) is 9.97 Å². The number of hydrogen-bond donors (Lipinski definition) is 0. The monoisotopic (exact) mass is 244 g/mol. The molecule has 0 aliphatic rings. The van der Waals surface area contributed by atoms with Gasteiger partial charge in [0.25, 0.3) is 0 Å². The number of halogens is 3. The molecule has 0 aromatic carbocycles. The number of alkyl halides is 3. The van der Waals surface area contributed by atoms with Gasteiger partial charge in [-0.05, 0) is 18.9 Å². The highest BCUT2D eigenvalue weighted by molar-refractivity contribution is 5.88. The second-order valence-electron chi connectivity index (χ2n) is 2.73. The molecule has 0 spiro atoms. The number of hydrogen-bond acceptors (Lipinski definition) is 4. The number of aromatic nitrogens is 2. The van der Waals surface area contributed by atoms with Gasteiger partial charge in [-0.2, -0.15) is 13.2 Å². The number of nitrogens with zero attached hydrogens (tertiary/aromatic N) is 2. The SMILES string of the molecule is CCOC(=O)C#Cc1nccc(C(F)(F)F)n1. The fourth-order valence-electron chi connectivity index (χ4n) is 0.851. The summed E-state index contributed by atoms with van der Waals surface area (Å²) in [5.41, 5.74) is -1.11. The Morgan fingerprint density at radius 2 is 2.24 bits per heavy atom. The first kappa shape index (κ1) is 13.0. The maximum Gasteiger partial charge on any atom is 0.433 e. The molecule has 0 saturated carbocycles. The Labute approximate surface area is 94.8 Å². The quantitative estimate of drug-likeness (QED) is 0.553. The van der Waals surface area contributed by atoms with Crippen molar-refractivity contribution in [2.75, 3.05) is 6.61 Å². The van der Waals surface area contributed by atoms with Gasteiger partial charge in [0.05, 0.1) is 6.61 Å². The summed E-state index contributed by atoms with van der Waals surface area (Å²) in [6.07, 6.45) is -3.64. The number of carbonyl (C=O) groups excluding carboxylic acids is 1. The third kappa shape index (κ3) is 4.10. The molecule has 90 valence electrons. The van der Waals surface area contributed by atoms with Gasteiger partial charge in [-0.1, -0.05) is 0 Å². The zero-order valence-electron chi connectivity index (χ0n) is 8.71. The molecule has 1 aromatic rings. The predicted octanol–water partition coefficient (Wildman–Crippen LogP) is 1.41. The molecule has 0 fully saturated rings. The topological polar surface area (TPSA) is 52.1 Å². The minimum atomic E-state index is -4.57. The van der Waals surface area contributed by atoms with Gasteiger partial charge in [0.2, 0.25) is 5.82 Å². The van der Waals surface area contributed by atoms with Crippen molar-refractivity contribution in [3.05, 3.63) is 23.8 Å². The molecule has 0 amide bonds. The van der Waals surface area contributed by atoms with E-state index in [0.717, 1.165) is 12.3 Å². The van der Waals surface area contributed by atoms with Crippen LogP contribution in [0.15, 0.2) is 12.3 Å². The molecular weight excluding hydrogens is 237 g/mol. The smallest absolute Gasteiger partial charge is 0.433 e. The van der Waals surface area contributed by atoms with E-state index >= 15 is 0 Å². The van der Waals surface area contributed by atoms with Gasteiger partial charge < -0.3 is 4.74 Å². The molecule has 0 aliphatic carbocycles. The number of ether oxygens (including phenoxy) is 1. The minimum absolute atomic E-state index is 0.136. The van der Waals surface area contributed by atoms with Gasteiger partial charge in [0.1, 0.15) is 5.69 Å².